The van der Waals surface area contributed by atoms with Crippen LogP contribution in [0.1, 0.15) is 61.5 Å². The van der Waals surface area contributed by atoms with Crippen molar-refractivity contribution in [3.8, 4) is 6.07 Å². The average molecular weight is 414 g/mol. The van der Waals surface area contributed by atoms with Crippen LogP contribution in [0, 0.1) is 34.5 Å². The van der Waals surface area contributed by atoms with Crippen LogP contribution in [0.3, 0.4) is 0 Å². The predicted molar refractivity (Wildman–Crippen MR) is 109 cm³/mol. The molecule has 4 bridgehead atoms. The topological polar surface area (TPSA) is 82.4 Å². The van der Waals surface area contributed by atoms with Crippen LogP contribution in [0.15, 0.2) is 0 Å². The van der Waals surface area contributed by atoms with E-state index in [9.17, 15) is 14.9 Å². The standard InChI is InChI=1S/C22H27N3O3S/c1-2-28-21(27)25-4-3-16-17(11-23)19(29-18(16)12-25)24-20(26)22-8-13-5-14(9-22)7-15(6-13)10-22/h13-15H,2-10,12H2,1H3,(H,24,26). The number of ether oxygens (including phenoxy) is 1. The minimum absolute atomic E-state index is 0.119. The number of rotatable bonds is 3. The summed E-state index contributed by atoms with van der Waals surface area (Å²) >= 11 is 1.45. The summed E-state index contributed by atoms with van der Waals surface area (Å²) in [6.45, 7) is 3.13. The third-order valence-electron chi connectivity index (χ3n) is 7.44. The van der Waals surface area contributed by atoms with Crippen LogP contribution < -0.4 is 5.32 Å². The van der Waals surface area contributed by atoms with Crippen molar-refractivity contribution in [3.63, 3.8) is 0 Å². The second-order valence-electron chi connectivity index (χ2n) is 9.34. The maximum Gasteiger partial charge on any atom is 0.410 e. The van der Waals surface area contributed by atoms with Gasteiger partial charge in [-0.25, -0.2) is 4.79 Å². The van der Waals surface area contributed by atoms with Crippen molar-refractivity contribution in [2.75, 3.05) is 18.5 Å². The molecule has 6 nitrogen and oxygen atoms in total. The van der Waals surface area contributed by atoms with Crippen LogP contribution in [0.2, 0.25) is 0 Å². The van der Waals surface area contributed by atoms with Crippen molar-refractivity contribution in [2.45, 2.75) is 58.4 Å². The molecule has 4 aliphatic carbocycles. The maximum absolute atomic E-state index is 13.4. The number of anilines is 1. The molecule has 7 heteroatoms. The number of nitrogens with one attached hydrogen (secondary N) is 1. The molecule has 2 amide bonds. The molecule has 0 unspecified atom stereocenters. The summed E-state index contributed by atoms with van der Waals surface area (Å²) in [5.74, 6) is 2.24. The monoisotopic (exact) mass is 413 g/mol. The van der Waals surface area contributed by atoms with E-state index in [1.165, 1.54) is 30.6 Å². The van der Waals surface area contributed by atoms with Gasteiger partial charge in [0.2, 0.25) is 5.91 Å². The molecule has 6 rings (SSSR count). The Bertz CT molecular complexity index is 865. The molecule has 0 radical (unpaired) electrons. The van der Waals surface area contributed by atoms with Gasteiger partial charge in [0, 0.05) is 11.4 Å². The van der Waals surface area contributed by atoms with Crippen molar-refractivity contribution in [3.05, 3.63) is 16.0 Å². The van der Waals surface area contributed by atoms with Gasteiger partial charge in [0.1, 0.15) is 11.1 Å². The molecule has 154 valence electrons. The van der Waals surface area contributed by atoms with E-state index in [0.29, 0.717) is 54.4 Å². The summed E-state index contributed by atoms with van der Waals surface area (Å²) in [7, 11) is 0. The molecule has 4 saturated carbocycles. The third-order valence-corrected chi connectivity index (χ3v) is 8.57. The second-order valence-corrected chi connectivity index (χ2v) is 10.4. The highest BCUT2D eigenvalue weighted by atomic mass is 32.1. The number of nitrogens with zero attached hydrogens (tertiary/aromatic N) is 2. The van der Waals surface area contributed by atoms with E-state index in [4.69, 9.17) is 4.74 Å². The second kappa shape index (κ2) is 7.02. The summed E-state index contributed by atoms with van der Waals surface area (Å²) in [6, 6.07) is 2.31. The highest BCUT2D eigenvalue weighted by molar-refractivity contribution is 7.16. The van der Waals surface area contributed by atoms with Gasteiger partial charge in [-0.3, -0.25) is 4.79 Å². The number of thiophene rings is 1. The Morgan fingerprint density at radius 3 is 2.48 bits per heavy atom. The quantitative estimate of drug-likeness (QED) is 0.801. The molecule has 5 aliphatic rings. The summed E-state index contributed by atoms with van der Waals surface area (Å²) in [4.78, 5) is 28.1. The molecule has 0 spiro atoms. The van der Waals surface area contributed by atoms with Crippen molar-refractivity contribution >= 4 is 28.3 Å². The van der Waals surface area contributed by atoms with Crippen LogP contribution in [0.4, 0.5) is 9.80 Å². The molecule has 1 N–H and O–H groups in total. The number of amides is 2. The highest BCUT2D eigenvalue weighted by Gasteiger charge is 2.54. The van der Waals surface area contributed by atoms with Gasteiger partial charge in [-0.1, -0.05) is 0 Å². The van der Waals surface area contributed by atoms with Crippen molar-refractivity contribution in [1.82, 2.24) is 4.90 Å². The Morgan fingerprint density at radius 2 is 1.90 bits per heavy atom. The van der Waals surface area contributed by atoms with Gasteiger partial charge < -0.3 is 15.0 Å². The van der Waals surface area contributed by atoms with Gasteiger partial charge in [-0.2, -0.15) is 5.26 Å². The zero-order chi connectivity index (χ0) is 20.2. The number of hydrogen-bond donors (Lipinski definition) is 1. The molecule has 1 aliphatic heterocycles. The molecule has 4 fully saturated rings. The lowest BCUT2D eigenvalue weighted by atomic mass is 9.49. The SMILES string of the molecule is CCOC(=O)N1CCc2c(sc(NC(=O)C34CC5CC(CC(C5)C3)C4)c2C#N)C1. The smallest absolute Gasteiger partial charge is 0.410 e. The first-order valence-electron chi connectivity index (χ1n) is 10.8. The van der Waals surface area contributed by atoms with Gasteiger partial charge in [0.25, 0.3) is 0 Å². The fraction of sp³-hybridized carbons (Fsp3) is 0.682. The zero-order valence-electron chi connectivity index (χ0n) is 16.8. The van der Waals surface area contributed by atoms with E-state index in [-0.39, 0.29) is 17.4 Å². The van der Waals surface area contributed by atoms with Crippen molar-refractivity contribution in [1.29, 1.82) is 5.26 Å². The Morgan fingerprint density at radius 1 is 1.24 bits per heavy atom. The largest absolute Gasteiger partial charge is 0.450 e. The molecule has 0 atom stereocenters. The molecule has 0 aromatic carbocycles. The summed E-state index contributed by atoms with van der Waals surface area (Å²) in [5.41, 5.74) is 1.34. The first-order chi connectivity index (χ1) is 14.0. The van der Waals surface area contributed by atoms with Crippen LogP contribution in [-0.2, 0) is 22.5 Å². The first-order valence-corrected chi connectivity index (χ1v) is 11.6. The number of carbonyl (C=O) groups is 2. The van der Waals surface area contributed by atoms with Gasteiger partial charge in [-0.15, -0.1) is 11.3 Å². The maximum atomic E-state index is 13.4. The number of fused-ring (bicyclic) bond motifs is 1. The molecule has 29 heavy (non-hydrogen) atoms. The lowest BCUT2D eigenvalue weighted by molar-refractivity contribution is -0.140. The van der Waals surface area contributed by atoms with E-state index in [1.807, 2.05) is 0 Å². The highest BCUT2D eigenvalue weighted by Crippen LogP contribution is 2.60. The number of nitriles is 1. The zero-order valence-corrected chi connectivity index (χ0v) is 17.6. The summed E-state index contributed by atoms with van der Waals surface area (Å²) in [5, 5.41) is 13.6. The third kappa shape index (κ3) is 3.13. The Kier molecular flexibility index (Phi) is 4.58. The minimum Gasteiger partial charge on any atom is -0.450 e. The number of hydrogen-bond acceptors (Lipinski definition) is 5. The van der Waals surface area contributed by atoms with E-state index in [0.717, 1.165) is 29.7 Å². The van der Waals surface area contributed by atoms with Crippen LogP contribution in [-0.4, -0.2) is 30.1 Å². The first kappa shape index (κ1) is 18.9. The van der Waals surface area contributed by atoms with Gasteiger partial charge in [0.05, 0.1) is 24.1 Å². The molecule has 1 aromatic rings. The minimum atomic E-state index is -0.316. The van der Waals surface area contributed by atoms with E-state index < -0.39 is 0 Å². The van der Waals surface area contributed by atoms with E-state index in [2.05, 4.69) is 11.4 Å². The fourth-order valence-electron chi connectivity index (χ4n) is 6.60. The average Bonchev–Trinajstić information content (AvgIpc) is 3.03. The van der Waals surface area contributed by atoms with Gasteiger partial charge >= 0.3 is 6.09 Å². The normalized spacial score (nSPS) is 31.9. The van der Waals surface area contributed by atoms with Gasteiger partial charge in [-0.05, 0) is 75.2 Å². The molecule has 2 heterocycles. The Balaban J connectivity index is 1.37. The Hall–Kier alpha value is -2.07. The molecular weight excluding hydrogens is 386 g/mol. The molecular formula is C22H27N3O3S. The summed E-state index contributed by atoms with van der Waals surface area (Å²) in [6.07, 6.45) is 7.23. The van der Waals surface area contributed by atoms with Crippen LogP contribution in [0.25, 0.3) is 0 Å². The van der Waals surface area contributed by atoms with E-state index in [1.54, 1.807) is 11.8 Å². The molecule has 1 aromatic heterocycles. The van der Waals surface area contributed by atoms with Crippen LogP contribution in [0.5, 0.6) is 0 Å². The van der Waals surface area contributed by atoms with Crippen molar-refractivity contribution in [2.24, 2.45) is 23.2 Å². The lowest BCUT2D eigenvalue weighted by Gasteiger charge is -2.55. The predicted octanol–water partition coefficient (Wildman–Crippen LogP) is 4.29. The van der Waals surface area contributed by atoms with Crippen molar-refractivity contribution < 1.29 is 14.3 Å². The molecule has 0 saturated heterocycles. The van der Waals surface area contributed by atoms with E-state index >= 15 is 0 Å². The van der Waals surface area contributed by atoms with Crippen LogP contribution >= 0.6 is 11.3 Å². The number of carbonyl (C=O) groups excluding carboxylic acids is 2. The summed E-state index contributed by atoms with van der Waals surface area (Å²) < 4.78 is 5.12. The van der Waals surface area contributed by atoms with Gasteiger partial charge in [0.15, 0.2) is 0 Å². The lowest BCUT2D eigenvalue weighted by Crippen LogP contribution is -2.51. The fourth-order valence-corrected chi connectivity index (χ4v) is 7.81. The Labute approximate surface area is 175 Å².